The van der Waals surface area contributed by atoms with Gasteiger partial charge in [-0.25, -0.2) is 0 Å². The molecule has 1 fully saturated rings. The first-order chi connectivity index (χ1) is 15.4. The van der Waals surface area contributed by atoms with Crippen molar-refractivity contribution in [1.82, 2.24) is 5.32 Å². The minimum atomic E-state index is -0.549. The molecule has 0 spiro atoms. The van der Waals surface area contributed by atoms with Gasteiger partial charge in [0, 0.05) is 36.5 Å². The van der Waals surface area contributed by atoms with Crippen molar-refractivity contribution in [2.24, 2.45) is 0 Å². The van der Waals surface area contributed by atoms with E-state index in [0.717, 1.165) is 18.8 Å². The summed E-state index contributed by atoms with van der Waals surface area (Å²) in [5.41, 5.74) is 2.11. The third-order valence-corrected chi connectivity index (χ3v) is 5.42. The number of carbonyl (C=O) groups excluding carboxylic acids is 2. The van der Waals surface area contributed by atoms with Crippen molar-refractivity contribution >= 4 is 46.6 Å². The largest absolute Gasteiger partial charge is 0.496 e. The normalized spacial score (nSPS) is 15.1. The topological polar surface area (TPSA) is 71.1 Å². The van der Waals surface area contributed by atoms with E-state index in [4.69, 9.17) is 21.7 Å². The van der Waals surface area contributed by atoms with Gasteiger partial charge in [-0.05, 0) is 63.3 Å². The Kier molecular flexibility index (Phi) is 7.48. The number of hydrogen-bond donors (Lipinski definition) is 1. The van der Waals surface area contributed by atoms with Crippen LogP contribution in [0.1, 0.15) is 26.3 Å². The minimum absolute atomic E-state index is 0.0228. The lowest BCUT2D eigenvalue weighted by Crippen LogP contribution is -2.54. The van der Waals surface area contributed by atoms with Crippen LogP contribution >= 0.6 is 12.2 Å². The van der Waals surface area contributed by atoms with Gasteiger partial charge in [0.25, 0.3) is 11.8 Å². The highest BCUT2D eigenvalue weighted by Crippen LogP contribution is 2.30. The highest BCUT2D eigenvalue weighted by atomic mass is 32.1. The average Bonchev–Trinajstić information content (AvgIpc) is 2.78. The number of thiocarbonyl (C=S) groups is 1. The number of nitrogens with zero attached hydrogens (tertiary/aromatic N) is 2. The second kappa shape index (κ2) is 10.3. The Bertz CT molecular complexity index is 1060. The van der Waals surface area contributed by atoms with Crippen LogP contribution in [0.4, 0.5) is 11.4 Å². The van der Waals surface area contributed by atoms with Crippen LogP contribution in [0, 0.1) is 0 Å². The maximum absolute atomic E-state index is 13.3. The molecule has 0 radical (unpaired) electrons. The lowest BCUT2D eigenvalue weighted by molar-refractivity contribution is -0.122. The summed E-state index contributed by atoms with van der Waals surface area (Å²) in [5.74, 6) is 0.117. The fraction of sp³-hybridized carbons (Fsp3) is 0.292. The molecule has 0 aromatic heterocycles. The molecule has 0 aliphatic carbocycles. The molecule has 1 aliphatic rings. The van der Waals surface area contributed by atoms with Crippen molar-refractivity contribution in [2.45, 2.75) is 20.8 Å². The second-order valence-corrected chi connectivity index (χ2v) is 7.37. The van der Waals surface area contributed by atoms with E-state index in [1.807, 2.05) is 25.1 Å². The molecular weight excluding hydrogens is 426 g/mol. The van der Waals surface area contributed by atoms with Crippen molar-refractivity contribution < 1.29 is 19.1 Å². The quantitative estimate of drug-likeness (QED) is 0.373. The number of benzene rings is 2. The summed E-state index contributed by atoms with van der Waals surface area (Å²) in [6.45, 7) is 8.24. The monoisotopic (exact) mass is 453 g/mol. The molecule has 7 nitrogen and oxygen atoms in total. The van der Waals surface area contributed by atoms with Crippen LogP contribution < -0.4 is 24.6 Å². The van der Waals surface area contributed by atoms with Crippen LogP contribution in [0.25, 0.3) is 6.08 Å². The Morgan fingerprint density at radius 3 is 2.50 bits per heavy atom. The molecule has 3 rings (SSSR count). The van der Waals surface area contributed by atoms with Gasteiger partial charge in [0.05, 0.1) is 19.4 Å². The molecule has 0 saturated carbocycles. The summed E-state index contributed by atoms with van der Waals surface area (Å²) in [5, 5.41) is 2.63. The highest BCUT2D eigenvalue weighted by Gasteiger charge is 2.34. The predicted octanol–water partition coefficient (Wildman–Crippen LogP) is 3.77. The smallest absolute Gasteiger partial charge is 0.270 e. The van der Waals surface area contributed by atoms with Gasteiger partial charge in [-0.1, -0.05) is 6.07 Å². The number of anilines is 2. The summed E-state index contributed by atoms with van der Waals surface area (Å²) in [7, 11) is 1.56. The van der Waals surface area contributed by atoms with E-state index in [1.165, 1.54) is 11.0 Å². The number of ether oxygens (including phenoxy) is 2. The molecule has 0 bridgehead atoms. The Morgan fingerprint density at radius 2 is 1.84 bits per heavy atom. The first-order valence-electron chi connectivity index (χ1n) is 10.5. The van der Waals surface area contributed by atoms with E-state index in [0.29, 0.717) is 29.4 Å². The molecular formula is C24H27N3O4S. The third kappa shape index (κ3) is 4.75. The van der Waals surface area contributed by atoms with Crippen LogP contribution in [0.3, 0.4) is 0 Å². The molecule has 1 aliphatic heterocycles. The fourth-order valence-corrected chi connectivity index (χ4v) is 3.81. The average molecular weight is 454 g/mol. The van der Waals surface area contributed by atoms with Crippen molar-refractivity contribution in [3.63, 3.8) is 0 Å². The van der Waals surface area contributed by atoms with Gasteiger partial charge in [0.15, 0.2) is 5.11 Å². The van der Waals surface area contributed by atoms with E-state index in [1.54, 1.807) is 31.4 Å². The standard InChI is InChI=1S/C24H27N3O4S/c1-5-26(6-2)17-12-11-16(21(15-17)30-4)13-20-22(28)25-24(32)27(23(20)29)18-9-8-10-19(14-18)31-7-3/h8-15H,5-7H2,1-4H3,(H,25,28,32). The van der Waals surface area contributed by atoms with Crippen molar-refractivity contribution in [3.8, 4) is 11.5 Å². The number of hydrogen-bond acceptors (Lipinski definition) is 6. The van der Waals surface area contributed by atoms with Crippen LogP contribution in [0.5, 0.6) is 11.5 Å². The van der Waals surface area contributed by atoms with Crippen molar-refractivity contribution in [1.29, 1.82) is 0 Å². The number of rotatable bonds is 8. The zero-order valence-corrected chi connectivity index (χ0v) is 19.5. The maximum atomic E-state index is 13.3. The third-order valence-electron chi connectivity index (χ3n) is 5.13. The Morgan fingerprint density at radius 1 is 1.09 bits per heavy atom. The van der Waals surface area contributed by atoms with Gasteiger partial charge >= 0.3 is 0 Å². The highest BCUT2D eigenvalue weighted by molar-refractivity contribution is 7.80. The van der Waals surface area contributed by atoms with E-state index in [2.05, 4.69) is 24.1 Å². The van der Waals surface area contributed by atoms with Gasteiger partial charge in [0.1, 0.15) is 17.1 Å². The van der Waals surface area contributed by atoms with Gasteiger partial charge in [-0.2, -0.15) is 0 Å². The zero-order chi connectivity index (χ0) is 23.3. The molecule has 2 aromatic carbocycles. The Labute approximate surface area is 193 Å². The number of amides is 2. The molecule has 0 atom stereocenters. The summed E-state index contributed by atoms with van der Waals surface area (Å²) >= 11 is 5.28. The number of nitrogens with one attached hydrogen (secondary N) is 1. The van der Waals surface area contributed by atoms with Gasteiger partial charge < -0.3 is 14.4 Å². The zero-order valence-electron chi connectivity index (χ0n) is 18.7. The van der Waals surface area contributed by atoms with Crippen molar-refractivity contribution in [3.05, 3.63) is 53.6 Å². The van der Waals surface area contributed by atoms with Crippen molar-refractivity contribution in [2.75, 3.05) is 36.6 Å². The lowest BCUT2D eigenvalue weighted by Gasteiger charge is -2.29. The summed E-state index contributed by atoms with van der Waals surface area (Å²) < 4.78 is 11.1. The van der Waals surface area contributed by atoms with Gasteiger partial charge in [0.2, 0.25) is 0 Å². The minimum Gasteiger partial charge on any atom is -0.496 e. The van der Waals surface area contributed by atoms with E-state index < -0.39 is 11.8 Å². The molecule has 1 N–H and O–H groups in total. The molecule has 2 amide bonds. The Balaban J connectivity index is 2.00. The summed E-state index contributed by atoms with van der Waals surface area (Å²) in [6, 6.07) is 12.7. The first kappa shape index (κ1) is 23.3. The molecule has 32 heavy (non-hydrogen) atoms. The van der Waals surface area contributed by atoms with E-state index in [9.17, 15) is 9.59 Å². The first-order valence-corrected chi connectivity index (χ1v) is 10.9. The molecule has 1 saturated heterocycles. The van der Waals surface area contributed by atoms with Crippen LogP contribution in [-0.2, 0) is 9.59 Å². The van der Waals surface area contributed by atoms with E-state index >= 15 is 0 Å². The SMILES string of the molecule is CCOc1cccc(N2C(=O)C(=Cc3ccc(N(CC)CC)cc3OC)C(=O)NC2=S)c1. The molecule has 168 valence electrons. The number of carbonyl (C=O) groups is 2. The van der Waals surface area contributed by atoms with Crippen LogP contribution in [0.15, 0.2) is 48.0 Å². The van der Waals surface area contributed by atoms with Gasteiger partial charge in [-0.3, -0.25) is 19.8 Å². The lowest BCUT2D eigenvalue weighted by atomic mass is 10.1. The molecule has 2 aromatic rings. The van der Waals surface area contributed by atoms with Gasteiger partial charge in [-0.15, -0.1) is 0 Å². The second-order valence-electron chi connectivity index (χ2n) is 6.99. The molecule has 0 unspecified atom stereocenters. The number of methoxy groups -OCH3 is 1. The van der Waals surface area contributed by atoms with E-state index in [-0.39, 0.29) is 10.7 Å². The molecule has 1 heterocycles. The fourth-order valence-electron chi connectivity index (χ4n) is 3.53. The van der Waals surface area contributed by atoms with Crippen LogP contribution in [0.2, 0.25) is 0 Å². The van der Waals surface area contributed by atoms with Crippen LogP contribution in [-0.4, -0.2) is 43.7 Å². The predicted molar refractivity (Wildman–Crippen MR) is 130 cm³/mol. The summed E-state index contributed by atoms with van der Waals surface area (Å²) in [6.07, 6.45) is 1.53. The summed E-state index contributed by atoms with van der Waals surface area (Å²) in [4.78, 5) is 29.4. The molecule has 8 heteroatoms. The maximum Gasteiger partial charge on any atom is 0.270 e. The Hall–Kier alpha value is -3.39.